The molecule has 156 valence electrons. The Hall–Kier alpha value is -1.36. The topological polar surface area (TPSA) is 72.2 Å². The Morgan fingerprint density at radius 2 is 1.89 bits per heavy atom. The van der Waals surface area contributed by atoms with Crippen LogP contribution in [0.5, 0.6) is 0 Å². The van der Waals surface area contributed by atoms with E-state index in [0.29, 0.717) is 28.8 Å². The lowest BCUT2D eigenvalue weighted by Crippen LogP contribution is -2.29. The number of anilines is 1. The van der Waals surface area contributed by atoms with Gasteiger partial charge in [0.05, 0.1) is 5.56 Å². The van der Waals surface area contributed by atoms with Crippen LogP contribution in [-0.4, -0.2) is 11.8 Å². The maximum Gasteiger partial charge on any atom is 0.251 e. The first-order valence-electron chi connectivity index (χ1n) is 11.1. The number of thiophene rings is 1. The van der Waals surface area contributed by atoms with Crippen LogP contribution in [0.1, 0.15) is 99.4 Å². The van der Waals surface area contributed by atoms with Gasteiger partial charge in [-0.2, -0.15) is 0 Å². The molecule has 0 unspecified atom stereocenters. The second-order valence-electron chi connectivity index (χ2n) is 9.44. The molecule has 2 aliphatic rings. The van der Waals surface area contributed by atoms with Crippen LogP contribution >= 0.6 is 11.3 Å². The van der Waals surface area contributed by atoms with Gasteiger partial charge >= 0.3 is 0 Å². The summed E-state index contributed by atoms with van der Waals surface area (Å²) in [5.74, 6) is 0.910. The van der Waals surface area contributed by atoms with E-state index >= 15 is 0 Å². The van der Waals surface area contributed by atoms with E-state index in [4.69, 9.17) is 5.73 Å². The molecule has 2 aliphatic carbocycles. The highest BCUT2D eigenvalue weighted by Crippen LogP contribution is 2.45. The summed E-state index contributed by atoms with van der Waals surface area (Å²) in [5, 5.41) is 3.72. The molecule has 2 amide bonds. The fourth-order valence-electron chi connectivity index (χ4n) is 4.89. The number of hydrogen-bond donors (Lipinski definition) is 2. The van der Waals surface area contributed by atoms with Gasteiger partial charge in [0, 0.05) is 11.3 Å². The zero-order valence-electron chi connectivity index (χ0n) is 17.7. The third-order valence-corrected chi connectivity index (χ3v) is 8.46. The minimum absolute atomic E-state index is 0.0251. The van der Waals surface area contributed by atoms with Crippen LogP contribution in [0.15, 0.2) is 0 Å². The fourth-order valence-corrected chi connectivity index (χ4v) is 6.24. The maximum atomic E-state index is 12.6. The number of nitrogens with two attached hydrogens (primary N) is 1. The highest BCUT2D eigenvalue weighted by Gasteiger charge is 2.35. The molecule has 0 radical (unpaired) electrons. The highest BCUT2D eigenvalue weighted by atomic mass is 32.1. The predicted octanol–water partition coefficient (Wildman–Crippen LogP) is 5.69. The molecule has 4 nitrogen and oxygen atoms in total. The lowest BCUT2D eigenvalue weighted by molar-refractivity contribution is -0.116. The van der Waals surface area contributed by atoms with Crippen LogP contribution in [0.4, 0.5) is 5.00 Å². The Balaban J connectivity index is 1.69. The molecule has 1 aromatic heterocycles. The SMILES string of the molecule is CCC(C)(C)[C@@H]1CCc2c(sc(NC(=O)CCC3CCCCC3)c2C(N)=O)C1. The Labute approximate surface area is 173 Å². The second kappa shape index (κ2) is 8.98. The number of fused-ring (bicyclic) bond motifs is 1. The number of hydrogen-bond acceptors (Lipinski definition) is 3. The minimum Gasteiger partial charge on any atom is -0.365 e. The number of rotatable bonds is 7. The molecule has 0 aliphatic heterocycles. The maximum absolute atomic E-state index is 12.6. The third-order valence-electron chi connectivity index (χ3n) is 7.29. The molecular formula is C23H36N2O2S. The van der Waals surface area contributed by atoms with Crippen LogP contribution in [-0.2, 0) is 17.6 Å². The summed E-state index contributed by atoms with van der Waals surface area (Å²) in [6, 6.07) is 0. The predicted molar refractivity (Wildman–Crippen MR) is 117 cm³/mol. The number of primary amides is 1. The van der Waals surface area contributed by atoms with E-state index in [1.165, 1.54) is 37.0 Å². The molecule has 3 N–H and O–H groups in total. The average Bonchev–Trinajstić information content (AvgIpc) is 3.04. The number of carbonyl (C=O) groups is 2. The molecular weight excluding hydrogens is 368 g/mol. The molecule has 0 bridgehead atoms. The number of amides is 2. The molecule has 1 saturated carbocycles. The first kappa shape index (κ1) is 21.4. The van der Waals surface area contributed by atoms with Gasteiger partial charge in [-0.3, -0.25) is 9.59 Å². The molecule has 5 heteroatoms. The second-order valence-corrected chi connectivity index (χ2v) is 10.6. The quantitative estimate of drug-likeness (QED) is 0.613. The van der Waals surface area contributed by atoms with Crippen molar-refractivity contribution in [2.45, 2.75) is 91.4 Å². The molecule has 0 spiro atoms. The number of nitrogens with one attached hydrogen (secondary N) is 1. The molecule has 28 heavy (non-hydrogen) atoms. The van der Waals surface area contributed by atoms with Crippen molar-refractivity contribution in [2.24, 2.45) is 23.0 Å². The summed E-state index contributed by atoms with van der Waals surface area (Å²) in [4.78, 5) is 26.0. The Kier molecular flexibility index (Phi) is 6.85. The van der Waals surface area contributed by atoms with E-state index < -0.39 is 5.91 Å². The Morgan fingerprint density at radius 3 is 2.54 bits per heavy atom. The summed E-state index contributed by atoms with van der Waals surface area (Å²) >= 11 is 1.58. The molecule has 0 saturated heterocycles. The number of carbonyl (C=O) groups excluding carboxylic acids is 2. The molecule has 1 aromatic rings. The van der Waals surface area contributed by atoms with Crippen LogP contribution in [0.2, 0.25) is 0 Å². The summed E-state index contributed by atoms with van der Waals surface area (Å²) in [7, 11) is 0. The highest BCUT2D eigenvalue weighted by molar-refractivity contribution is 7.17. The first-order valence-corrected chi connectivity index (χ1v) is 11.9. The lowest BCUT2D eigenvalue weighted by Gasteiger charge is -2.36. The first-order chi connectivity index (χ1) is 13.3. The van der Waals surface area contributed by atoms with Gasteiger partial charge in [0.25, 0.3) is 5.91 Å². The fraction of sp³-hybridized carbons (Fsp3) is 0.739. The van der Waals surface area contributed by atoms with Crippen LogP contribution in [0.3, 0.4) is 0 Å². The van der Waals surface area contributed by atoms with Crippen molar-refractivity contribution in [3.63, 3.8) is 0 Å². The van der Waals surface area contributed by atoms with Gasteiger partial charge in [0.2, 0.25) is 5.91 Å². The van der Waals surface area contributed by atoms with Crippen molar-refractivity contribution in [2.75, 3.05) is 5.32 Å². The van der Waals surface area contributed by atoms with Gasteiger partial charge < -0.3 is 11.1 Å². The van der Waals surface area contributed by atoms with Gasteiger partial charge in [0.15, 0.2) is 0 Å². The monoisotopic (exact) mass is 404 g/mol. The molecule has 0 aromatic carbocycles. The van der Waals surface area contributed by atoms with E-state index in [-0.39, 0.29) is 11.3 Å². The van der Waals surface area contributed by atoms with Crippen molar-refractivity contribution in [1.82, 2.24) is 0 Å². The van der Waals surface area contributed by atoms with Gasteiger partial charge in [0.1, 0.15) is 5.00 Å². The standard InChI is InChI=1S/C23H36N2O2S/c1-4-23(2,3)16-11-12-17-18(14-16)28-22(20(17)21(24)27)25-19(26)13-10-15-8-6-5-7-9-15/h15-16H,4-14H2,1-3H3,(H2,24,27)(H,25,26)/t16-/m1/s1. The van der Waals surface area contributed by atoms with E-state index in [9.17, 15) is 9.59 Å². The lowest BCUT2D eigenvalue weighted by atomic mass is 9.69. The van der Waals surface area contributed by atoms with Gasteiger partial charge in [-0.05, 0) is 48.5 Å². The molecule has 1 atom stereocenters. The Bertz CT molecular complexity index is 716. The third kappa shape index (κ3) is 4.79. The largest absolute Gasteiger partial charge is 0.365 e. The van der Waals surface area contributed by atoms with E-state index in [2.05, 4.69) is 26.1 Å². The van der Waals surface area contributed by atoms with Gasteiger partial charge in [-0.25, -0.2) is 0 Å². The molecule has 1 heterocycles. The summed E-state index contributed by atoms with van der Waals surface area (Å²) in [5.41, 5.74) is 7.66. The summed E-state index contributed by atoms with van der Waals surface area (Å²) < 4.78 is 0. The average molecular weight is 405 g/mol. The van der Waals surface area contributed by atoms with E-state index in [0.717, 1.165) is 37.7 Å². The van der Waals surface area contributed by atoms with Crippen molar-refractivity contribution >= 4 is 28.2 Å². The summed E-state index contributed by atoms with van der Waals surface area (Å²) in [6.45, 7) is 6.91. The molecule has 3 rings (SSSR count). The minimum atomic E-state index is -0.409. The van der Waals surface area contributed by atoms with Crippen molar-refractivity contribution in [3.8, 4) is 0 Å². The van der Waals surface area contributed by atoms with E-state index in [1.807, 2.05) is 0 Å². The zero-order chi connectivity index (χ0) is 20.3. The van der Waals surface area contributed by atoms with Crippen molar-refractivity contribution < 1.29 is 9.59 Å². The zero-order valence-corrected chi connectivity index (χ0v) is 18.6. The van der Waals surface area contributed by atoms with Crippen LogP contribution < -0.4 is 11.1 Å². The van der Waals surface area contributed by atoms with E-state index in [1.54, 1.807) is 11.3 Å². The normalized spacial score (nSPS) is 20.6. The van der Waals surface area contributed by atoms with Crippen molar-refractivity contribution in [3.05, 3.63) is 16.0 Å². The van der Waals surface area contributed by atoms with Gasteiger partial charge in [-0.15, -0.1) is 11.3 Å². The molecule has 1 fully saturated rings. The smallest absolute Gasteiger partial charge is 0.251 e. The van der Waals surface area contributed by atoms with Crippen LogP contribution in [0.25, 0.3) is 0 Å². The van der Waals surface area contributed by atoms with Crippen LogP contribution in [0, 0.1) is 17.3 Å². The van der Waals surface area contributed by atoms with Crippen molar-refractivity contribution in [1.29, 1.82) is 0 Å². The Morgan fingerprint density at radius 1 is 1.18 bits per heavy atom. The summed E-state index contributed by atoms with van der Waals surface area (Å²) in [6.07, 6.45) is 12.0. The van der Waals surface area contributed by atoms with Gasteiger partial charge in [-0.1, -0.05) is 59.3 Å².